The molecule has 2 saturated heterocycles. The Balaban J connectivity index is 0.00000129. The Hall–Kier alpha value is -3.44. The van der Waals surface area contributed by atoms with Gasteiger partial charge in [0.25, 0.3) is 6.43 Å². The van der Waals surface area contributed by atoms with Gasteiger partial charge in [-0.3, -0.25) is 19.5 Å². The van der Waals surface area contributed by atoms with Crippen LogP contribution in [0.3, 0.4) is 0 Å². The lowest BCUT2D eigenvalue weighted by molar-refractivity contribution is -0.191. The first-order valence-corrected chi connectivity index (χ1v) is 10.6. The summed E-state index contributed by atoms with van der Waals surface area (Å²) >= 11 is 0. The average Bonchev–Trinajstić information content (AvgIpc) is 3.01. The van der Waals surface area contributed by atoms with E-state index in [1.54, 1.807) is 19.1 Å². The van der Waals surface area contributed by atoms with Gasteiger partial charge in [0.15, 0.2) is 5.78 Å². The van der Waals surface area contributed by atoms with Crippen LogP contribution in [0.25, 0.3) is 0 Å². The summed E-state index contributed by atoms with van der Waals surface area (Å²) in [5.74, 6) is -1.76. The number of hydrazine groups is 1. The van der Waals surface area contributed by atoms with Gasteiger partial charge in [-0.2, -0.15) is 9.59 Å². The van der Waals surface area contributed by atoms with Gasteiger partial charge in [-0.05, 0) is 24.6 Å². The number of cyclic esters (lactones) is 1. The van der Waals surface area contributed by atoms with Gasteiger partial charge in [0.2, 0.25) is 5.91 Å². The molecule has 2 aliphatic heterocycles. The number of hydrogen-bond acceptors (Lipinski definition) is 8. The summed E-state index contributed by atoms with van der Waals surface area (Å²) in [5.41, 5.74) is 3.66. The number of benzene rings is 1. The first-order valence-electron chi connectivity index (χ1n) is 10.6. The molecule has 1 aromatic carbocycles. The van der Waals surface area contributed by atoms with Crippen LogP contribution in [-0.2, 0) is 23.9 Å². The Morgan fingerprint density at radius 2 is 1.94 bits per heavy atom. The quantitative estimate of drug-likeness (QED) is 0.620. The zero-order chi connectivity index (χ0) is 25.3. The van der Waals surface area contributed by atoms with Crippen molar-refractivity contribution in [3.8, 4) is 0 Å². The molecule has 0 radical (unpaired) electrons. The summed E-state index contributed by atoms with van der Waals surface area (Å²) in [6.07, 6.45) is -4.25. The van der Waals surface area contributed by atoms with Gasteiger partial charge in [-0.15, -0.1) is 0 Å². The minimum Gasteiger partial charge on any atom is -0.444 e. The first kappa shape index (κ1) is 26.8. The minimum atomic E-state index is -3.05. The van der Waals surface area contributed by atoms with Crippen LogP contribution in [0.4, 0.5) is 29.3 Å². The van der Waals surface area contributed by atoms with Crippen molar-refractivity contribution >= 4 is 35.3 Å². The molecule has 13 heteroatoms. The molecule has 2 fully saturated rings. The minimum absolute atomic E-state index is 0.0141. The lowest BCUT2D eigenvalue weighted by atomic mass is 10.1. The molecule has 2 heterocycles. The Morgan fingerprint density at radius 1 is 1.24 bits per heavy atom. The number of anilines is 2. The highest BCUT2D eigenvalue weighted by atomic mass is 19.3. The van der Waals surface area contributed by atoms with Gasteiger partial charge in [0.1, 0.15) is 11.9 Å². The van der Waals surface area contributed by atoms with Crippen molar-refractivity contribution < 1.29 is 41.9 Å². The van der Waals surface area contributed by atoms with Crippen molar-refractivity contribution in [2.45, 2.75) is 38.7 Å². The fraction of sp³-hybridized carbons (Fsp3) is 0.524. The van der Waals surface area contributed by atoms with E-state index in [0.717, 1.165) is 0 Å². The topological polar surface area (TPSA) is 116 Å². The Labute approximate surface area is 193 Å². The lowest BCUT2D eigenvalue weighted by Gasteiger charge is -2.24. The molecule has 2 aliphatic rings. The van der Waals surface area contributed by atoms with Crippen molar-refractivity contribution in [1.29, 1.82) is 0 Å². The van der Waals surface area contributed by atoms with Gasteiger partial charge >= 0.3 is 12.2 Å². The molecule has 34 heavy (non-hydrogen) atoms. The molecule has 186 valence electrons. The Kier molecular flexibility index (Phi) is 10.0. The van der Waals surface area contributed by atoms with Gasteiger partial charge in [-0.25, -0.2) is 23.4 Å². The van der Waals surface area contributed by atoms with Crippen LogP contribution >= 0.6 is 0 Å². The molecular formula is C21H25F3N4O6. The predicted octanol–water partition coefficient (Wildman–Crippen LogP) is 1.74. The zero-order valence-electron chi connectivity index (χ0n) is 18.5. The molecule has 0 spiro atoms. The van der Waals surface area contributed by atoms with E-state index in [1.807, 2.05) is 4.90 Å². The number of hydrogen-bond donors (Lipinski definition) is 1. The molecular weight excluding hydrogens is 461 g/mol. The number of ether oxygens (including phenoxy) is 1. The smallest absolute Gasteiger partial charge is 0.414 e. The van der Waals surface area contributed by atoms with E-state index in [9.17, 15) is 27.6 Å². The number of nitrogens with zero attached hydrogens (tertiary/aromatic N) is 3. The number of Topliss-reactive ketones (excluding diaryl/α,β-unsaturated/α-hetero) is 1. The second-order valence-electron chi connectivity index (χ2n) is 7.44. The Bertz CT molecular complexity index is 926. The number of carbonyl (C=O) groups is 3. The molecule has 3 rings (SSSR count). The molecule has 0 bridgehead atoms. The molecule has 2 amide bonds. The molecule has 1 N–H and O–H groups in total. The van der Waals surface area contributed by atoms with Crippen LogP contribution in [-0.4, -0.2) is 74.2 Å². The first-order chi connectivity index (χ1) is 16.2. The maximum absolute atomic E-state index is 14.9. The molecule has 0 saturated carbocycles. The van der Waals surface area contributed by atoms with E-state index in [1.165, 1.54) is 16.0 Å². The standard InChI is InChI=1S/C20H25F3N4O4.CO2/c1-2-18(29)27-10-9-25(8-7-24-27)16-5-3-13(11-15(16)21)26-12-14(31-20(26)30)4-6-17(28)19(22)23;2-1-3/h3,5,11,14,19,24H,2,4,6-10,12H2,1H3;/t14-;/m0./s1. The molecule has 1 aromatic rings. The highest BCUT2D eigenvalue weighted by Crippen LogP contribution is 2.29. The number of carbonyl (C=O) groups excluding carboxylic acids is 5. The number of ketones is 1. The zero-order valence-corrected chi connectivity index (χ0v) is 18.5. The summed E-state index contributed by atoms with van der Waals surface area (Å²) < 4.78 is 44.6. The van der Waals surface area contributed by atoms with Crippen LogP contribution in [0.2, 0.25) is 0 Å². The van der Waals surface area contributed by atoms with Gasteiger partial charge < -0.3 is 9.64 Å². The molecule has 10 nitrogen and oxygen atoms in total. The van der Waals surface area contributed by atoms with Gasteiger partial charge in [-0.1, -0.05) is 6.92 Å². The Morgan fingerprint density at radius 3 is 2.56 bits per heavy atom. The largest absolute Gasteiger partial charge is 0.444 e. The van der Waals surface area contributed by atoms with Gasteiger partial charge in [0.05, 0.1) is 24.5 Å². The van der Waals surface area contributed by atoms with Crippen molar-refractivity contribution in [2.75, 3.05) is 42.5 Å². The molecule has 0 aliphatic carbocycles. The van der Waals surface area contributed by atoms with E-state index < -0.39 is 36.6 Å². The lowest BCUT2D eigenvalue weighted by Crippen LogP contribution is -2.43. The van der Waals surface area contributed by atoms with Crippen molar-refractivity contribution in [3.63, 3.8) is 0 Å². The number of halogens is 3. The van der Waals surface area contributed by atoms with E-state index in [0.29, 0.717) is 38.3 Å². The van der Waals surface area contributed by atoms with Crippen LogP contribution in [0.5, 0.6) is 0 Å². The second-order valence-corrected chi connectivity index (χ2v) is 7.44. The fourth-order valence-corrected chi connectivity index (χ4v) is 3.59. The SMILES string of the molecule is CCC(=O)N1CCN(c2ccc(N3C[C@H](CCC(=O)C(F)F)OC3=O)cc2F)CCN1.O=C=O. The normalized spacial score (nSPS) is 18.1. The third-order valence-corrected chi connectivity index (χ3v) is 5.30. The van der Waals surface area contributed by atoms with Crippen LogP contribution in [0.1, 0.15) is 26.2 Å². The number of nitrogens with one attached hydrogen (secondary N) is 1. The highest BCUT2D eigenvalue weighted by molar-refractivity contribution is 5.90. The van der Waals surface area contributed by atoms with E-state index in [4.69, 9.17) is 14.3 Å². The predicted molar refractivity (Wildman–Crippen MR) is 111 cm³/mol. The highest BCUT2D eigenvalue weighted by Gasteiger charge is 2.33. The van der Waals surface area contributed by atoms with Crippen molar-refractivity contribution in [3.05, 3.63) is 24.0 Å². The summed E-state index contributed by atoms with van der Waals surface area (Å²) in [7, 11) is 0. The number of amides is 2. The van der Waals surface area contributed by atoms with Crippen molar-refractivity contribution in [1.82, 2.24) is 10.4 Å². The summed E-state index contributed by atoms with van der Waals surface area (Å²) in [5, 5.41) is 1.53. The second kappa shape index (κ2) is 12.7. The maximum atomic E-state index is 14.9. The van der Waals surface area contributed by atoms with E-state index in [2.05, 4.69) is 5.43 Å². The maximum Gasteiger partial charge on any atom is 0.414 e. The van der Waals surface area contributed by atoms with Crippen molar-refractivity contribution in [2.24, 2.45) is 0 Å². The molecule has 0 unspecified atom stereocenters. The van der Waals surface area contributed by atoms with Crippen LogP contribution in [0, 0.1) is 5.82 Å². The summed E-state index contributed by atoms with van der Waals surface area (Å²) in [4.78, 5) is 54.4. The summed E-state index contributed by atoms with van der Waals surface area (Å²) in [6, 6.07) is 4.36. The average molecular weight is 486 g/mol. The van der Waals surface area contributed by atoms with Gasteiger partial charge in [0, 0.05) is 32.5 Å². The van der Waals surface area contributed by atoms with Crippen LogP contribution in [0.15, 0.2) is 18.2 Å². The third-order valence-electron chi connectivity index (χ3n) is 5.30. The molecule has 1 atom stereocenters. The number of alkyl halides is 2. The monoisotopic (exact) mass is 486 g/mol. The number of rotatable bonds is 7. The van der Waals surface area contributed by atoms with E-state index in [-0.39, 0.29) is 30.7 Å². The fourth-order valence-electron chi connectivity index (χ4n) is 3.59. The summed E-state index contributed by atoms with van der Waals surface area (Å²) in [6.45, 7) is 3.65. The third kappa shape index (κ3) is 7.03. The molecule has 0 aromatic heterocycles. The van der Waals surface area contributed by atoms with Crippen LogP contribution < -0.4 is 15.2 Å². The van der Waals surface area contributed by atoms with E-state index >= 15 is 0 Å².